The number of alkyl halides is 1. The lowest BCUT2D eigenvalue weighted by Crippen LogP contribution is -2.57. The molecule has 1 N–H and O–H groups in total. The van der Waals surface area contributed by atoms with Crippen LogP contribution < -0.4 is 15.1 Å². The van der Waals surface area contributed by atoms with Crippen LogP contribution in [-0.2, 0) is 9.84 Å². The third-order valence-corrected chi connectivity index (χ3v) is 9.05. The third kappa shape index (κ3) is 5.41. The molecular weight excluding hydrogens is 503 g/mol. The molecule has 38 heavy (non-hydrogen) atoms. The van der Waals surface area contributed by atoms with Crippen molar-refractivity contribution in [1.29, 1.82) is 0 Å². The highest BCUT2D eigenvalue weighted by molar-refractivity contribution is 7.90. The van der Waals surface area contributed by atoms with Crippen LogP contribution >= 0.6 is 0 Å². The minimum Gasteiger partial charge on any atom is -0.368 e. The van der Waals surface area contributed by atoms with E-state index in [1.54, 1.807) is 12.3 Å². The number of rotatable bonds is 7. The summed E-state index contributed by atoms with van der Waals surface area (Å²) in [6.07, 6.45) is 4.77. The summed E-state index contributed by atoms with van der Waals surface area (Å²) in [7, 11) is -3.01. The maximum absolute atomic E-state index is 14.3. The van der Waals surface area contributed by atoms with Crippen molar-refractivity contribution in [3.63, 3.8) is 0 Å². The molecule has 2 fully saturated rings. The second-order valence-electron chi connectivity index (χ2n) is 11.3. The van der Waals surface area contributed by atoms with E-state index in [0.717, 1.165) is 29.4 Å². The molecule has 0 bridgehead atoms. The number of hydrogen-bond donors (Lipinski definition) is 1. The number of piperidine rings is 1. The molecule has 8 nitrogen and oxygen atoms in total. The molecule has 3 aromatic rings. The molecule has 1 aromatic carbocycles. The van der Waals surface area contributed by atoms with Gasteiger partial charge in [-0.2, -0.15) is 4.98 Å². The first-order valence-electron chi connectivity index (χ1n) is 13.4. The van der Waals surface area contributed by atoms with Crippen LogP contribution in [0.1, 0.15) is 45.6 Å². The lowest BCUT2D eigenvalue weighted by molar-refractivity contribution is 0.210. The van der Waals surface area contributed by atoms with E-state index >= 15 is 0 Å². The molecule has 10 heteroatoms. The summed E-state index contributed by atoms with van der Waals surface area (Å²) in [4.78, 5) is 17.9. The fraction of sp³-hybridized carbons (Fsp3) is 0.536. The number of aromatic nitrogens is 3. The maximum atomic E-state index is 14.3. The summed E-state index contributed by atoms with van der Waals surface area (Å²) >= 11 is 0. The number of benzene rings is 1. The zero-order chi connectivity index (χ0) is 27.2. The van der Waals surface area contributed by atoms with Crippen molar-refractivity contribution < 1.29 is 12.8 Å². The Bertz CT molecular complexity index is 1430. The standard InChI is InChI=1S/C28H37FN6O2S/c1-17(2)21-6-7-25(35-14-20(19(35)4)16-38(5,36)37)23-13-31-27(12-22(21)23)32-26-8-10-30-28(33-26)34-11-9-18(3)24(29)15-34/h6-8,10,12-13,17-20,24H,9,11,14-16H2,1-5H3,(H,30,31,32,33)/t18-,19+,20+,24-/m0/s1. The zero-order valence-electron chi connectivity index (χ0n) is 22.7. The fourth-order valence-electron chi connectivity index (χ4n) is 5.56. The molecule has 2 aliphatic rings. The Balaban J connectivity index is 1.41. The Morgan fingerprint density at radius 3 is 2.58 bits per heavy atom. The Hall–Kier alpha value is -3.01. The van der Waals surface area contributed by atoms with Gasteiger partial charge < -0.3 is 15.1 Å². The van der Waals surface area contributed by atoms with E-state index in [-0.39, 0.29) is 23.6 Å². The SMILES string of the molecule is CC(C)c1ccc(N2C[C@H](CS(C)(=O)=O)[C@H]2C)c2cnc(Nc3ccnc(N4CC[C@H](C)[C@@H](F)C4)n3)cc12. The van der Waals surface area contributed by atoms with Gasteiger partial charge in [-0.3, -0.25) is 0 Å². The van der Waals surface area contributed by atoms with Crippen LogP contribution in [0.2, 0.25) is 0 Å². The second kappa shape index (κ2) is 10.3. The first kappa shape index (κ1) is 26.6. The van der Waals surface area contributed by atoms with Gasteiger partial charge in [0.1, 0.15) is 27.6 Å². The molecule has 204 valence electrons. The van der Waals surface area contributed by atoms with Gasteiger partial charge in [-0.1, -0.05) is 26.8 Å². The van der Waals surface area contributed by atoms with Crippen molar-refractivity contribution in [3.8, 4) is 0 Å². The minimum atomic E-state index is -3.01. The highest BCUT2D eigenvalue weighted by Crippen LogP contribution is 2.39. The summed E-state index contributed by atoms with van der Waals surface area (Å²) in [5, 5.41) is 5.47. The quantitative estimate of drug-likeness (QED) is 0.450. The molecule has 5 rings (SSSR count). The molecule has 4 atom stereocenters. The third-order valence-electron chi connectivity index (χ3n) is 8.01. The van der Waals surface area contributed by atoms with Gasteiger partial charge in [-0.05, 0) is 54.3 Å². The molecule has 2 aliphatic heterocycles. The molecule has 4 heterocycles. The van der Waals surface area contributed by atoms with Gasteiger partial charge in [0.25, 0.3) is 0 Å². The molecule has 2 aromatic heterocycles. The first-order chi connectivity index (χ1) is 18.0. The van der Waals surface area contributed by atoms with Crippen LogP contribution in [0.25, 0.3) is 10.8 Å². The summed E-state index contributed by atoms with van der Waals surface area (Å²) in [5.41, 5.74) is 2.29. The van der Waals surface area contributed by atoms with Crippen molar-refractivity contribution in [1.82, 2.24) is 15.0 Å². The number of fused-ring (bicyclic) bond motifs is 1. The van der Waals surface area contributed by atoms with E-state index in [1.165, 1.54) is 11.8 Å². The van der Waals surface area contributed by atoms with Crippen molar-refractivity contribution in [3.05, 3.63) is 42.2 Å². The number of nitrogens with one attached hydrogen (secondary N) is 1. The van der Waals surface area contributed by atoms with E-state index in [0.29, 0.717) is 36.6 Å². The Morgan fingerprint density at radius 2 is 1.89 bits per heavy atom. The predicted molar refractivity (Wildman–Crippen MR) is 152 cm³/mol. The molecule has 0 aliphatic carbocycles. The van der Waals surface area contributed by atoms with Crippen LogP contribution in [0.4, 0.5) is 27.7 Å². The van der Waals surface area contributed by atoms with E-state index in [2.05, 4.69) is 59.2 Å². The summed E-state index contributed by atoms with van der Waals surface area (Å²) in [5.74, 6) is 2.50. The summed E-state index contributed by atoms with van der Waals surface area (Å²) in [6, 6.07) is 8.27. The summed E-state index contributed by atoms with van der Waals surface area (Å²) in [6.45, 7) is 10.1. The van der Waals surface area contributed by atoms with Crippen LogP contribution in [-0.4, -0.2) is 67.2 Å². The Labute approximate surface area is 224 Å². The van der Waals surface area contributed by atoms with Crippen LogP contribution in [0.3, 0.4) is 0 Å². The van der Waals surface area contributed by atoms with Gasteiger partial charge in [0, 0.05) is 54.8 Å². The Kier molecular flexibility index (Phi) is 7.19. The van der Waals surface area contributed by atoms with Crippen molar-refractivity contribution in [2.45, 2.75) is 52.2 Å². The molecule has 0 radical (unpaired) electrons. The molecule has 2 saturated heterocycles. The van der Waals surface area contributed by atoms with Gasteiger partial charge >= 0.3 is 0 Å². The average Bonchev–Trinajstić information content (AvgIpc) is 2.86. The molecule has 0 amide bonds. The smallest absolute Gasteiger partial charge is 0.227 e. The fourth-order valence-corrected chi connectivity index (χ4v) is 6.72. The highest BCUT2D eigenvalue weighted by atomic mass is 32.2. The number of sulfone groups is 1. The monoisotopic (exact) mass is 540 g/mol. The molecular formula is C28H37FN6O2S. The predicted octanol–water partition coefficient (Wildman–Crippen LogP) is 4.95. The lowest BCUT2D eigenvalue weighted by Gasteiger charge is -2.48. The maximum Gasteiger partial charge on any atom is 0.227 e. The van der Waals surface area contributed by atoms with E-state index < -0.39 is 16.0 Å². The largest absolute Gasteiger partial charge is 0.368 e. The number of pyridine rings is 1. The number of anilines is 4. The van der Waals surface area contributed by atoms with Gasteiger partial charge in [-0.15, -0.1) is 0 Å². The van der Waals surface area contributed by atoms with Crippen molar-refractivity contribution in [2.24, 2.45) is 11.8 Å². The van der Waals surface area contributed by atoms with Crippen LogP contribution in [0.15, 0.2) is 36.7 Å². The van der Waals surface area contributed by atoms with Gasteiger partial charge in [0.15, 0.2) is 0 Å². The number of nitrogens with zero attached hydrogens (tertiary/aromatic N) is 5. The highest BCUT2D eigenvalue weighted by Gasteiger charge is 2.38. The van der Waals surface area contributed by atoms with Crippen LogP contribution in [0, 0.1) is 11.8 Å². The normalized spacial score (nSPS) is 24.1. The minimum absolute atomic E-state index is 0.0548. The lowest BCUT2D eigenvalue weighted by atomic mass is 9.88. The van der Waals surface area contributed by atoms with Crippen molar-refractivity contribution in [2.75, 3.05) is 46.8 Å². The molecule has 0 unspecified atom stereocenters. The van der Waals surface area contributed by atoms with Gasteiger partial charge in [0.05, 0.1) is 12.3 Å². The first-order valence-corrected chi connectivity index (χ1v) is 15.4. The van der Waals surface area contributed by atoms with E-state index in [1.807, 2.05) is 18.0 Å². The van der Waals surface area contributed by atoms with Gasteiger partial charge in [-0.25, -0.2) is 22.8 Å². The number of hydrogen-bond acceptors (Lipinski definition) is 8. The zero-order valence-corrected chi connectivity index (χ0v) is 23.5. The summed E-state index contributed by atoms with van der Waals surface area (Å²) < 4.78 is 37.9. The topological polar surface area (TPSA) is 91.3 Å². The Morgan fingerprint density at radius 1 is 1.11 bits per heavy atom. The average molecular weight is 541 g/mol. The molecule has 0 saturated carbocycles. The van der Waals surface area contributed by atoms with E-state index in [4.69, 9.17) is 4.98 Å². The second-order valence-corrected chi connectivity index (χ2v) is 13.5. The van der Waals surface area contributed by atoms with Crippen molar-refractivity contribution >= 4 is 43.9 Å². The van der Waals surface area contributed by atoms with Gasteiger partial charge in [0.2, 0.25) is 5.95 Å². The van der Waals surface area contributed by atoms with Crippen LogP contribution in [0.5, 0.6) is 0 Å². The molecule has 0 spiro atoms. The number of halogens is 1. The van der Waals surface area contributed by atoms with E-state index in [9.17, 15) is 12.8 Å².